The monoisotopic (exact) mass is 394 g/mol. The van der Waals surface area contributed by atoms with Crippen molar-refractivity contribution in [1.82, 2.24) is 4.98 Å². The number of carboxylic acids is 2. The van der Waals surface area contributed by atoms with Crippen molar-refractivity contribution in [2.24, 2.45) is 0 Å². The molecular formula is C17H22N4O7. The first-order chi connectivity index (χ1) is 13.2. The number of aromatic nitrogens is 2. The zero-order chi connectivity index (χ0) is 21.3. The minimum absolute atomic E-state index is 0.279. The molecule has 0 fully saturated rings. The number of methoxy groups -OCH3 is 3. The van der Waals surface area contributed by atoms with Crippen molar-refractivity contribution in [3.63, 3.8) is 0 Å². The Morgan fingerprint density at radius 1 is 1.14 bits per heavy atom. The summed E-state index contributed by atoms with van der Waals surface area (Å²) in [4.78, 5) is 25.5. The van der Waals surface area contributed by atoms with Gasteiger partial charge in [-0.15, -0.1) is 0 Å². The van der Waals surface area contributed by atoms with Gasteiger partial charge < -0.3 is 35.0 Å². The van der Waals surface area contributed by atoms with Crippen LogP contribution >= 0.6 is 0 Å². The smallest absolute Gasteiger partial charge is 0.388 e. The Kier molecular flexibility index (Phi) is 8.28. The van der Waals surface area contributed by atoms with Gasteiger partial charge in [-0.05, 0) is 17.7 Å². The number of nitrogens with one attached hydrogen (secondary N) is 1. The van der Waals surface area contributed by atoms with Crippen LogP contribution in [0.4, 0.5) is 11.8 Å². The molecule has 0 aliphatic rings. The number of nitrogens with zero attached hydrogens (tertiary/aromatic N) is 1. The Hall–Kier alpha value is -3.76. The highest BCUT2D eigenvalue weighted by atomic mass is 16.5. The van der Waals surface area contributed by atoms with E-state index in [0.29, 0.717) is 29.5 Å². The molecule has 6 N–H and O–H groups in total. The van der Waals surface area contributed by atoms with Crippen molar-refractivity contribution >= 4 is 23.7 Å². The van der Waals surface area contributed by atoms with Crippen molar-refractivity contribution in [2.45, 2.75) is 12.8 Å². The highest BCUT2D eigenvalue weighted by molar-refractivity contribution is 5.87. The molecule has 0 amide bonds. The third-order valence-electron chi connectivity index (χ3n) is 3.38. The van der Waals surface area contributed by atoms with Gasteiger partial charge in [0.05, 0.1) is 39.9 Å². The number of ether oxygens (including phenoxy) is 3. The molecule has 2 aromatic rings. The SMILES string of the molecule is COc1cc(Cc2c[nH+]c(N)nc2N)cc(OC)c1OC.O=C([O-])CC(=O)O. The topological polar surface area (TPSA) is 184 Å². The van der Waals surface area contributed by atoms with Crippen LogP contribution < -0.4 is 35.8 Å². The molecule has 0 radical (unpaired) electrons. The van der Waals surface area contributed by atoms with Crippen LogP contribution in [0.3, 0.4) is 0 Å². The van der Waals surface area contributed by atoms with Gasteiger partial charge in [-0.1, -0.05) is 4.98 Å². The van der Waals surface area contributed by atoms with Crippen LogP contribution in [-0.2, 0) is 16.0 Å². The lowest BCUT2D eigenvalue weighted by atomic mass is 10.1. The molecule has 0 bridgehead atoms. The van der Waals surface area contributed by atoms with Gasteiger partial charge in [-0.2, -0.15) is 0 Å². The maximum atomic E-state index is 9.39. The number of carbonyl (C=O) groups excluding carboxylic acids is 1. The number of nitrogen functional groups attached to an aromatic ring is 2. The van der Waals surface area contributed by atoms with Crippen LogP contribution in [0.25, 0.3) is 0 Å². The Morgan fingerprint density at radius 3 is 2.07 bits per heavy atom. The first-order valence-corrected chi connectivity index (χ1v) is 7.84. The highest BCUT2D eigenvalue weighted by Crippen LogP contribution is 2.38. The highest BCUT2D eigenvalue weighted by Gasteiger charge is 2.15. The number of hydrogen-bond donors (Lipinski definition) is 3. The number of carbonyl (C=O) groups is 2. The van der Waals surface area contributed by atoms with E-state index in [4.69, 9.17) is 30.8 Å². The van der Waals surface area contributed by atoms with Gasteiger partial charge in [0.25, 0.3) is 0 Å². The van der Waals surface area contributed by atoms with Crippen LogP contribution in [0.5, 0.6) is 17.2 Å². The number of carboxylic acid groups (broad SMARTS) is 2. The fourth-order valence-corrected chi connectivity index (χ4v) is 2.19. The van der Waals surface area contributed by atoms with E-state index < -0.39 is 18.4 Å². The van der Waals surface area contributed by atoms with Gasteiger partial charge >= 0.3 is 11.9 Å². The Morgan fingerprint density at radius 2 is 1.71 bits per heavy atom. The molecule has 0 spiro atoms. The lowest BCUT2D eigenvalue weighted by Crippen LogP contribution is -2.24. The second kappa shape index (κ2) is 10.4. The van der Waals surface area contributed by atoms with Crippen molar-refractivity contribution in [3.05, 3.63) is 29.5 Å². The number of aliphatic carboxylic acids is 2. The van der Waals surface area contributed by atoms with Crippen LogP contribution in [0.1, 0.15) is 17.5 Å². The van der Waals surface area contributed by atoms with Gasteiger partial charge in [0.2, 0.25) is 11.6 Å². The fraction of sp³-hybridized carbons (Fsp3) is 0.294. The minimum atomic E-state index is -1.56. The van der Waals surface area contributed by atoms with Crippen LogP contribution in [0.2, 0.25) is 0 Å². The lowest BCUT2D eigenvalue weighted by Gasteiger charge is -2.14. The number of nitrogens with two attached hydrogens (primary N) is 2. The average molecular weight is 394 g/mol. The summed E-state index contributed by atoms with van der Waals surface area (Å²) in [5.74, 6) is -0.525. The maximum Gasteiger partial charge on any atom is 0.388 e. The fourth-order valence-electron chi connectivity index (χ4n) is 2.19. The number of hydrogen-bond acceptors (Lipinski definition) is 9. The third kappa shape index (κ3) is 6.52. The summed E-state index contributed by atoms with van der Waals surface area (Å²) < 4.78 is 15.9. The quantitative estimate of drug-likeness (QED) is 0.486. The van der Waals surface area contributed by atoms with E-state index >= 15 is 0 Å². The van der Waals surface area contributed by atoms with E-state index in [2.05, 4.69) is 9.97 Å². The molecule has 0 aliphatic heterocycles. The van der Waals surface area contributed by atoms with Gasteiger partial charge in [0.1, 0.15) is 0 Å². The van der Waals surface area contributed by atoms with E-state index in [9.17, 15) is 14.7 Å². The number of aromatic amines is 1. The summed E-state index contributed by atoms with van der Waals surface area (Å²) in [7, 11) is 4.72. The molecule has 2 rings (SSSR count). The Labute approximate surface area is 160 Å². The van der Waals surface area contributed by atoms with E-state index in [-0.39, 0.29) is 5.95 Å². The summed E-state index contributed by atoms with van der Waals surface area (Å²) in [5, 5.41) is 17.0. The molecule has 0 atom stereocenters. The summed E-state index contributed by atoms with van der Waals surface area (Å²) in [6.45, 7) is 0. The second-order valence-electron chi connectivity index (χ2n) is 5.35. The molecule has 28 heavy (non-hydrogen) atoms. The summed E-state index contributed by atoms with van der Waals surface area (Å²) in [5.41, 5.74) is 13.2. The number of benzene rings is 1. The molecule has 0 unspecified atom stereocenters. The van der Waals surface area contributed by atoms with E-state index in [1.807, 2.05) is 12.1 Å². The zero-order valence-corrected chi connectivity index (χ0v) is 15.6. The van der Waals surface area contributed by atoms with Crippen LogP contribution in [-0.4, -0.2) is 43.4 Å². The predicted molar refractivity (Wildman–Crippen MR) is 95.8 cm³/mol. The van der Waals surface area contributed by atoms with E-state index in [0.717, 1.165) is 11.1 Å². The Balaban J connectivity index is 0.000000480. The van der Waals surface area contributed by atoms with Crippen molar-refractivity contribution in [3.8, 4) is 17.2 Å². The van der Waals surface area contributed by atoms with Gasteiger partial charge in [0.15, 0.2) is 11.5 Å². The summed E-state index contributed by atoms with van der Waals surface area (Å²) >= 11 is 0. The molecule has 1 aromatic heterocycles. The summed E-state index contributed by atoms with van der Waals surface area (Å²) in [6, 6.07) is 3.74. The lowest BCUT2D eigenvalue weighted by molar-refractivity contribution is -0.364. The predicted octanol–water partition coefficient (Wildman–Crippen LogP) is -1.11. The normalized spacial score (nSPS) is 9.68. The number of rotatable bonds is 7. The van der Waals surface area contributed by atoms with E-state index in [1.165, 1.54) is 0 Å². The van der Waals surface area contributed by atoms with Crippen molar-refractivity contribution in [2.75, 3.05) is 32.8 Å². The molecular weight excluding hydrogens is 372 g/mol. The number of anilines is 2. The third-order valence-corrected chi connectivity index (χ3v) is 3.38. The van der Waals surface area contributed by atoms with Crippen LogP contribution in [0.15, 0.2) is 18.3 Å². The molecule has 1 heterocycles. The molecule has 0 saturated carbocycles. The van der Waals surface area contributed by atoms with E-state index in [1.54, 1.807) is 27.5 Å². The van der Waals surface area contributed by atoms with Crippen molar-refractivity contribution < 1.29 is 39.0 Å². The van der Waals surface area contributed by atoms with Gasteiger partial charge in [-0.25, -0.2) is 4.98 Å². The van der Waals surface area contributed by atoms with Gasteiger partial charge in [-0.3, -0.25) is 10.5 Å². The summed E-state index contributed by atoms with van der Waals surface area (Å²) in [6.07, 6.45) is 1.38. The molecule has 152 valence electrons. The molecule has 0 saturated heterocycles. The Bertz CT molecular complexity index is 805. The first kappa shape index (κ1) is 22.3. The molecule has 1 aromatic carbocycles. The standard InChI is InChI=1S/C14H18N4O3.C3H4O4/c1-19-10-5-8(6-11(20-2)12(10)21-3)4-9-7-17-14(16)18-13(9)15;4-2(5)1-3(6)7/h5-7H,4H2,1-3H3,(H4,15,16,17,18);1H2,(H,4,5)(H,6,7). The largest absolute Gasteiger partial charge is 0.550 e. The molecule has 11 heteroatoms. The zero-order valence-electron chi connectivity index (χ0n) is 15.6. The van der Waals surface area contributed by atoms with Gasteiger partial charge in [0, 0.05) is 12.0 Å². The first-order valence-electron chi connectivity index (χ1n) is 7.84. The van der Waals surface area contributed by atoms with Crippen molar-refractivity contribution in [1.29, 1.82) is 0 Å². The number of H-pyrrole nitrogens is 1. The molecule has 0 aliphatic carbocycles. The maximum absolute atomic E-state index is 9.39. The second-order valence-corrected chi connectivity index (χ2v) is 5.35. The average Bonchev–Trinajstić information content (AvgIpc) is 2.62. The molecule has 11 nitrogen and oxygen atoms in total. The van der Waals surface area contributed by atoms with Crippen LogP contribution in [0, 0.1) is 0 Å². The minimum Gasteiger partial charge on any atom is -0.550 e.